The van der Waals surface area contributed by atoms with Crippen LogP contribution in [0.15, 0.2) is 42.5 Å². The molecule has 13 heteroatoms. The molecule has 0 radical (unpaired) electrons. The van der Waals surface area contributed by atoms with E-state index in [9.17, 15) is 31.2 Å². The summed E-state index contributed by atoms with van der Waals surface area (Å²) in [6, 6.07) is 7.64. The van der Waals surface area contributed by atoms with E-state index in [1.165, 1.54) is 14.0 Å². The summed E-state index contributed by atoms with van der Waals surface area (Å²) in [6.45, 7) is 0.377. The Morgan fingerprint density at radius 1 is 1.09 bits per heavy atom. The van der Waals surface area contributed by atoms with Crippen LogP contribution >= 0.6 is 23.2 Å². The molecule has 7 nitrogen and oxygen atoms in total. The minimum atomic E-state index is -4.77. The third kappa shape index (κ3) is 6.77. The highest BCUT2D eigenvalue weighted by Gasteiger charge is 2.34. The summed E-state index contributed by atoms with van der Waals surface area (Å²) in [5, 5.41) is 2.41. The fraction of sp³-hybridized carbons (Fsp3) is 0.333. The summed E-state index contributed by atoms with van der Waals surface area (Å²) in [6.07, 6.45) is -4.03. The van der Waals surface area contributed by atoms with Gasteiger partial charge in [0.15, 0.2) is 0 Å². The van der Waals surface area contributed by atoms with Crippen LogP contribution in [0.1, 0.15) is 18.1 Å². The number of halogens is 5. The van der Waals surface area contributed by atoms with Gasteiger partial charge in [-0.15, -0.1) is 0 Å². The second-order valence-corrected chi connectivity index (χ2v) is 10.1. The van der Waals surface area contributed by atoms with Crippen LogP contribution in [0.5, 0.6) is 0 Å². The Labute approximate surface area is 205 Å². The lowest BCUT2D eigenvalue weighted by Gasteiger charge is -2.31. The standard InChI is InChI=1S/C21H22Cl2F3N3O4S/c1-13(20(31)27-2)28(11-14-6-4-5-7-16(14)22)19(30)12-29(34(3,32)33)18-10-15(21(24,25)26)8-9-17(18)23/h4-10,13H,11-12H2,1-3H3,(H,27,31)/t13-/m0/s1. The average Bonchev–Trinajstić information content (AvgIpc) is 2.74. The van der Waals surface area contributed by atoms with E-state index in [2.05, 4.69) is 5.32 Å². The molecule has 0 unspecified atom stereocenters. The number of likely N-dealkylation sites (N-methyl/N-ethyl adjacent to an activating group) is 1. The van der Waals surface area contributed by atoms with E-state index in [0.29, 0.717) is 27.0 Å². The number of sulfonamides is 1. The van der Waals surface area contributed by atoms with Crippen LogP contribution in [0, 0.1) is 0 Å². The first-order valence-corrected chi connectivity index (χ1v) is 12.4. The van der Waals surface area contributed by atoms with Crippen molar-refractivity contribution in [1.29, 1.82) is 0 Å². The normalized spacial score (nSPS) is 12.7. The molecule has 1 N–H and O–H groups in total. The SMILES string of the molecule is CNC(=O)[C@H](C)N(Cc1ccccc1Cl)C(=O)CN(c1cc(C(F)(F)F)ccc1Cl)S(C)(=O)=O. The lowest BCUT2D eigenvalue weighted by molar-refractivity contribution is -0.139. The van der Waals surface area contributed by atoms with Crippen molar-refractivity contribution in [2.75, 3.05) is 24.2 Å². The highest BCUT2D eigenvalue weighted by atomic mass is 35.5. The maximum Gasteiger partial charge on any atom is 0.416 e. The van der Waals surface area contributed by atoms with Gasteiger partial charge in [0.25, 0.3) is 0 Å². The summed E-state index contributed by atoms with van der Waals surface area (Å²) in [4.78, 5) is 26.6. The van der Waals surface area contributed by atoms with Gasteiger partial charge in [-0.3, -0.25) is 13.9 Å². The zero-order valence-corrected chi connectivity index (χ0v) is 20.7. The van der Waals surface area contributed by atoms with Crippen LogP contribution in [0.2, 0.25) is 10.0 Å². The quantitative estimate of drug-likeness (QED) is 0.550. The third-order valence-corrected chi connectivity index (χ3v) is 6.75. The average molecular weight is 540 g/mol. The predicted octanol–water partition coefficient (Wildman–Crippen LogP) is 3.94. The van der Waals surface area contributed by atoms with Crippen LogP contribution in [0.25, 0.3) is 0 Å². The molecule has 2 amide bonds. The van der Waals surface area contributed by atoms with Crippen molar-refractivity contribution in [2.45, 2.75) is 25.7 Å². The lowest BCUT2D eigenvalue weighted by atomic mass is 10.1. The van der Waals surface area contributed by atoms with Gasteiger partial charge >= 0.3 is 6.18 Å². The molecule has 0 heterocycles. The Bertz CT molecular complexity index is 1180. The van der Waals surface area contributed by atoms with Gasteiger partial charge in [-0.1, -0.05) is 41.4 Å². The van der Waals surface area contributed by atoms with Crippen LogP contribution in [0.3, 0.4) is 0 Å². The molecule has 0 bridgehead atoms. The van der Waals surface area contributed by atoms with Gasteiger partial charge in [0.2, 0.25) is 21.8 Å². The smallest absolute Gasteiger partial charge is 0.357 e. The van der Waals surface area contributed by atoms with Gasteiger partial charge in [-0.2, -0.15) is 13.2 Å². The molecule has 0 saturated carbocycles. The fourth-order valence-electron chi connectivity index (χ4n) is 3.08. The van der Waals surface area contributed by atoms with Crippen molar-refractivity contribution in [2.24, 2.45) is 0 Å². The minimum Gasteiger partial charge on any atom is -0.357 e. The Balaban J connectivity index is 2.51. The number of hydrogen-bond donors (Lipinski definition) is 1. The van der Waals surface area contributed by atoms with Crippen LogP contribution < -0.4 is 9.62 Å². The molecular weight excluding hydrogens is 518 g/mol. The number of alkyl halides is 3. The number of rotatable bonds is 8. The fourth-order valence-corrected chi connectivity index (χ4v) is 4.40. The Kier molecular flexibility index (Phi) is 8.84. The first-order valence-electron chi connectivity index (χ1n) is 9.75. The van der Waals surface area contributed by atoms with E-state index in [0.717, 1.165) is 17.2 Å². The first kappa shape index (κ1) is 27.7. The van der Waals surface area contributed by atoms with E-state index in [-0.39, 0.29) is 11.6 Å². The minimum absolute atomic E-state index is 0.152. The van der Waals surface area contributed by atoms with Crippen LogP contribution in [0.4, 0.5) is 18.9 Å². The van der Waals surface area contributed by atoms with Crippen molar-refractivity contribution in [3.63, 3.8) is 0 Å². The summed E-state index contributed by atoms with van der Waals surface area (Å²) in [5.41, 5.74) is -1.17. The van der Waals surface area contributed by atoms with Crippen molar-refractivity contribution in [3.8, 4) is 0 Å². The molecule has 0 aliphatic carbocycles. The molecule has 0 spiro atoms. The van der Waals surface area contributed by atoms with E-state index in [1.54, 1.807) is 24.3 Å². The van der Waals surface area contributed by atoms with Crippen molar-refractivity contribution in [3.05, 3.63) is 63.6 Å². The maximum absolute atomic E-state index is 13.3. The Morgan fingerprint density at radius 3 is 2.24 bits per heavy atom. The molecule has 0 aromatic heterocycles. The van der Waals surface area contributed by atoms with Crippen molar-refractivity contribution >= 4 is 50.7 Å². The third-order valence-electron chi connectivity index (χ3n) is 4.93. The summed E-state index contributed by atoms with van der Waals surface area (Å²) in [5.74, 6) is -1.39. The second kappa shape index (κ2) is 10.8. The lowest BCUT2D eigenvalue weighted by Crippen LogP contribution is -2.50. The molecular formula is C21H22Cl2F3N3O4S. The molecule has 186 valence electrons. The topological polar surface area (TPSA) is 86.8 Å². The Hall–Kier alpha value is -2.50. The van der Waals surface area contributed by atoms with Gasteiger partial charge < -0.3 is 10.2 Å². The number of carbonyl (C=O) groups excluding carboxylic acids is 2. The number of carbonyl (C=O) groups is 2. The number of nitrogens with one attached hydrogen (secondary N) is 1. The molecule has 1 atom stereocenters. The molecule has 0 aliphatic heterocycles. The van der Waals surface area contributed by atoms with Gasteiger partial charge in [0, 0.05) is 18.6 Å². The number of nitrogens with zero attached hydrogens (tertiary/aromatic N) is 2. The van der Waals surface area contributed by atoms with E-state index < -0.39 is 51.9 Å². The summed E-state index contributed by atoms with van der Waals surface area (Å²) >= 11 is 12.2. The van der Waals surface area contributed by atoms with Gasteiger partial charge in [0.1, 0.15) is 12.6 Å². The largest absolute Gasteiger partial charge is 0.416 e. The molecule has 2 aromatic carbocycles. The van der Waals surface area contributed by atoms with E-state index in [1.807, 2.05) is 0 Å². The number of anilines is 1. The highest BCUT2D eigenvalue weighted by molar-refractivity contribution is 7.92. The van der Waals surface area contributed by atoms with Crippen LogP contribution in [-0.4, -0.2) is 51.0 Å². The highest BCUT2D eigenvalue weighted by Crippen LogP contribution is 2.36. The molecule has 2 aromatic rings. The first-order chi connectivity index (χ1) is 15.7. The zero-order valence-electron chi connectivity index (χ0n) is 18.4. The Morgan fingerprint density at radius 2 is 1.71 bits per heavy atom. The van der Waals surface area contributed by atoms with Gasteiger partial charge in [0.05, 0.1) is 22.5 Å². The monoisotopic (exact) mass is 539 g/mol. The number of amides is 2. The zero-order chi connectivity index (χ0) is 25.8. The molecule has 34 heavy (non-hydrogen) atoms. The predicted molar refractivity (Wildman–Crippen MR) is 124 cm³/mol. The van der Waals surface area contributed by atoms with Gasteiger partial charge in [-0.05, 0) is 36.8 Å². The second-order valence-electron chi connectivity index (χ2n) is 7.34. The summed E-state index contributed by atoms with van der Waals surface area (Å²) in [7, 11) is -2.89. The molecule has 2 rings (SSSR count). The number of hydrogen-bond acceptors (Lipinski definition) is 4. The van der Waals surface area contributed by atoms with Gasteiger partial charge in [-0.25, -0.2) is 8.42 Å². The van der Waals surface area contributed by atoms with Crippen molar-refractivity contribution < 1.29 is 31.2 Å². The van der Waals surface area contributed by atoms with E-state index in [4.69, 9.17) is 23.2 Å². The number of benzene rings is 2. The van der Waals surface area contributed by atoms with Crippen LogP contribution in [-0.2, 0) is 32.3 Å². The molecule has 0 aliphatic rings. The molecule has 0 saturated heterocycles. The molecule has 0 fully saturated rings. The van der Waals surface area contributed by atoms with Crippen molar-refractivity contribution in [1.82, 2.24) is 10.2 Å². The van der Waals surface area contributed by atoms with E-state index >= 15 is 0 Å². The maximum atomic E-state index is 13.3. The summed E-state index contributed by atoms with van der Waals surface area (Å²) < 4.78 is 65.1.